The number of benzene rings is 1. The molecule has 2 rings (SSSR count). The Morgan fingerprint density at radius 3 is 2.42 bits per heavy atom. The fourth-order valence-corrected chi connectivity index (χ4v) is 3.55. The largest absolute Gasteiger partial charge is 0.455 e. The average Bonchev–Trinajstić information content (AvgIpc) is 3.29. The van der Waals surface area contributed by atoms with Gasteiger partial charge in [-0.2, -0.15) is 0 Å². The first-order valence-corrected chi connectivity index (χ1v) is 10.0. The van der Waals surface area contributed by atoms with Crippen LogP contribution in [-0.2, 0) is 21.2 Å². The fraction of sp³-hybridized carbons (Fsp3) is 0.562. The second-order valence-corrected chi connectivity index (χ2v) is 8.44. The van der Waals surface area contributed by atoms with Gasteiger partial charge in [-0.3, -0.25) is 4.79 Å². The topological polar surface area (TPSA) is 104 Å². The van der Waals surface area contributed by atoms with Gasteiger partial charge >= 0.3 is 7.12 Å². The molecule has 1 aromatic rings. The summed E-state index contributed by atoms with van der Waals surface area (Å²) in [7, 11) is -5.12. The number of rotatable bonds is 10. The lowest BCUT2D eigenvalue weighted by molar-refractivity contribution is -0.120. The molecule has 0 saturated heterocycles. The molecular weight excluding hydrogens is 329 g/mol. The lowest BCUT2D eigenvalue weighted by Crippen LogP contribution is -2.43. The first-order valence-electron chi connectivity index (χ1n) is 8.14. The molecule has 0 radical (unpaired) electrons. The third-order valence-electron chi connectivity index (χ3n) is 4.25. The number of hydrogen-bond acceptors (Lipinski definition) is 5. The molecule has 1 aliphatic carbocycles. The lowest BCUT2D eigenvalue weighted by atomic mass is 9.67. The Bertz CT molecular complexity index is 646. The molecular formula is C16H24BNO5S. The van der Waals surface area contributed by atoms with E-state index >= 15 is 0 Å². The van der Waals surface area contributed by atoms with Crippen molar-refractivity contribution in [1.82, 2.24) is 4.72 Å². The van der Waals surface area contributed by atoms with E-state index in [1.165, 1.54) is 0 Å². The minimum atomic E-state index is -3.55. The Morgan fingerprint density at radius 2 is 1.92 bits per heavy atom. The van der Waals surface area contributed by atoms with Crippen LogP contribution in [0.1, 0.15) is 31.2 Å². The molecule has 2 atom stereocenters. The van der Waals surface area contributed by atoms with Gasteiger partial charge in [0.25, 0.3) is 0 Å². The van der Waals surface area contributed by atoms with Crippen LogP contribution in [0.15, 0.2) is 30.3 Å². The molecule has 1 fully saturated rings. The zero-order valence-electron chi connectivity index (χ0n) is 13.8. The van der Waals surface area contributed by atoms with Crippen molar-refractivity contribution in [2.45, 2.75) is 44.0 Å². The summed E-state index contributed by atoms with van der Waals surface area (Å²) in [5, 5.41) is 19.0. The van der Waals surface area contributed by atoms with Gasteiger partial charge in [0, 0.05) is 12.2 Å². The molecule has 8 heteroatoms. The monoisotopic (exact) mass is 353 g/mol. The number of hydrogen-bond donors (Lipinski definition) is 3. The number of ketones is 1. The van der Waals surface area contributed by atoms with Crippen LogP contribution in [0.2, 0.25) is 5.82 Å². The Morgan fingerprint density at radius 1 is 1.29 bits per heavy atom. The van der Waals surface area contributed by atoms with Crippen molar-refractivity contribution in [2.75, 3.05) is 6.26 Å². The van der Waals surface area contributed by atoms with Crippen molar-refractivity contribution < 1.29 is 23.3 Å². The van der Waals surface area contributed by atoms with E-state index in [0.29, 0.717) is 12.3 Å². The second kappa shape index (κ2) is 8.25. The number of carbonyl (C=O) groups excluding carboxylic acids is 1. The molecule has 6 nitrogen and oxygen atoms in total. The Labute approximate surface area is 143 Å². The van der Waals surface area contributed by atoms with E-state index in [1.807, 2.05) is 30.3 Å². The van der Waals surface area contributed by atoms with Crippen LogP contribution in [0.4, 0.5) is 0 Å². The molecule has 0 aromatic heterocycles. The van der Waals surface area contributed by atoms with Crippen molar-refractivity contribution >= 4 is 22.9 Å². The maximum atomic E-state index is 12.6. The second-order valence-electron chi connectivity index (χ2n) is 6.66. The molecule has 0 aliphatic heterocycles. The maximum Gasteiger partial charge on any atom is 0.455 e. The molecule has 24 heavy (non-hydrogen) atoms. The molecule has 132 valence electrons. The quantitative estimate of drug-likeness (QED) is 0.539. The molecule has 1 aromatic carbocycles. The van der Waals surface area contributed by atoms with Gasteiger partial charge in [-0.1, -0.05) is 43.2 Å². The number of nitrogens with one attached hydrogen (secondary N) is 1. The summed E-state index contributed by atoms with van der Waals surface area (Å²) in [5.74, 6) is -0.423. The van der Waals surface area contributed by atoms with E-state index in [2.05, 4.69) is 4.72 Å². The van der Waals surface area contributed by atoms with E-state index in [9.17, 15) is 23.3 Å². The Balaban J connectivity index is 2.07. The Kier molecular flexibility index (Phi) is 6.57. The lowest BCUT2D eigenvalue weighted by Gasteiger charge is -2.20. The standard InChI is InChI=1S/C16H24BNO5S/c1-24(22,23)18-15(10-12-5-3-2-4-6-12)16(19)11-14(17(20)21)9-13-7-8-13/h2-6,13-15,18,20-21H,7-11H2,1H3. The molecule has 3 N–H and O–H groups in total. The van der Waals surface area contributed by atoms with Gasteiger partial charge in [0.15, 0.2) is 5.78 Å². The molecule has 0 heterocycles. The fourth-order valence-electron chi connectivity index (χ4n) is 2.82. The minimum absolute atomic E-state index is 0.0474. The summed E-state index contributed by atoms with van der Waals surface area (Å²) in [6, 6.07) is 8.25. The highest BCUT2D eigenvalue weighted by Gasteiger charge is 2.35. The molecule has 0 bridgehead atoms. The van der Waals surface area contributed by atoms with Crippen LogP contribution in [-0.4, -0.2) is 43.7 Å². The summed E-state index contributed by atoms with van der Waals surface area (Å²) < 4.78 is 25.5. The molecule has 1 saturated carbocycles. The van der Waals surface area contributed by atoms with Crippen LogP contribution in [0, 0.1) is 5.92 Å². The highest BCUT2D eigenvalue weighted by atomic mass is 32.2. The highest BCUT2D eigenvalue weighted by molar-refractivity contribution is 7.88. The first kappa shape index (κ1) is 19.1. The van der Waals surface area contributed by atoms with Crippen LogP contribution >= 0.6 is 0 Å². The summed E-state index contributed by atoms with van der Waals surface area (Å²) in [5.41, 5.74) is 0.843. The van der Waals surface area contributed by atoms with Crippen molar-refractivity contribution in [1.29, 1.82) is 0 Å². The third kappa shape index (κ3) is 6.72. The zero-order chi connectivity index (χ0) is 17.7. The summed E-state index contributed by atoms with van der Waals surface area (Å²) >= 11 is 0. The van der Waals surface area contributed by atoms with Gasteiger partial charge in [0.2, 0.25) is 10.0 Å². The Hall–Kier alpha value is -1.22. The van der Waals surface area contributed by atoms with Crippen molar-refractivity contribution in [3.8, 4) is 0 Å². The van der Waals surface area contributed by atoms with E-state index in [4.69, 9.17) is 0 Å². The van der Waals surface area contributed by atoms with Crippen LogP contribution in [0.3, 0.4) is 0 Å². The summed E-state index contributed by atoms with van der Waals surface area (Å²) in [4.78, 5) is 12.6. The van der Waals surface area contributed by atoms with Crippen LogP contribution in [0.5, 0.6) is 0 Å². The van der Waals surface area contributed by atoms with Gasteiger partial charge in [-0.05, 0) is 24.3 Å². The highest BCUT2D eigenvalue weighted by Crippen LogP contribution is 2.39. The molecule has 2 unspecified atom stereocenters. The molecule has 0 spiro atoms. The van der Waals surface area contributed by atoms with Crippen molar-refractivity contribution in [3.63, 3.8) is 0 Å². The predicted octanol–water partition coefficient (Wildman–Crippen LogP) is 0.749. The van der Waals surface area contributed by atoms with Crippen LogP contribution < -0.4 is 4.72 Å². The van der Waals surface area contributed by atoms with Crippen molar-refractivity contribution in [3.05, 3.63) is 35.9 Å². The van der Waals surface area contributed by atoms with Crippen molar-refractivity contribution in [2.24, 2.45) is 5.92 Å². The van der Waals surface area contributed by atoms with E-state index < -0.39 is 29.0 Å². The third-order valence-corrected chi connectivity index (χ3v) is 4.96. The number of sulfonamides is 1. The van der Waals surface area contributed by atoms with Gasteiger partial charge in [-0.15, -0.1) is 0 Å². The van der Waals surface area contributed by atoms with E-state index in [-0.39, 0.29) is 18.6 Å². The average molecular weight is 353 g/mol. The number of Topliss-reactive ketones (excluding diaryl/α,β-unsaturated/α-hetero) is 1. The maximum absolute atomic E-state index is 12.6. The van der Waals surface area contributed by atoms with Crippen LogP contribution in [0.25, 0.3) is 0 Å². The van der Waals surface area contributed by atoms with E-state index in [0.717, 1.165) is 24.7 Å². The minimum Gasteiger partial charge on any atom is -0.427 e. The SMILES string of the molecule is CS(=O)(=O)NC(Cc1ccccc1)C(=O)CC(CC1CC1)B(O)O. The smallest absolute Gasteiger partial charge is 0.427 e. The first-order chi connectivity index (χ1) is 11.2. The van der Waals surface area contributed by atoms with Gasteiger partial charge in [0.1, 0.15) is 0 Å². The predicted molar refractivity (Wildman–Crippen MR) is 92.8 cm³/mol. The molecule has 0 amide bonds. The van der Waals surface area contributed by atoms with E-state index in [1.54, 1.807) is 0 Å². The summed E-state index contributed by atoms with van der Waals surface area (Å²) in [6.07, 6.45) is 3.89. The zero-order valence-corrected chi connectivity index (χ0v) is 14.6. The molecule has 1 aliphatic rings. The normalized spacial score (nSPS) is 17.3. The van der Waals surface area contributed by atoms with Gasteiger partial charge in [-0.25, -0.2) is 13.1 Å². The van der Waals surface area contributed by atoms with Gasteiger partial charge in [0.05, 0.1) is 12.3 Å². The summed E-state index contributed by atoms with van der Waals surface area (Å²) in [6.45, 7) is 0. The number of carbonyl (C=O) groups is 1. The van der Waals surface area contributed by atoms with Gasteiger partial charge < -0.3 is 10.0 Å².